The van der Waals surface area contributed by atoms with Gasteiger partial charge in [-0.05, 0) is 79.9 Å². The highest BCUT2D eigenvalue weighted by Crippen LogP contribution is 2.47. The van der Waals surface area contributed by atoms with E-state index in [4.69, 9.17) is 11.0 Å². The summed E-state index contributed by atoms with van der Waals surface area (Å²) in [6.07, 6.45) is 6.50. The molecule has 4 heteroatoms. The summed E-state index contributed by atoms with van der Waals surface area (Å²) in [7, 11) is 0. The Hall–Kier alpha value is -6.26. The van der Waals surface area contributed by atoms with Crippen LogP contribution in [0.4, 0.5) is 0 Å². The molecular weight excluding hydrogens is 623 g/mol. The van der Waals surface area contributed by atoms with Crippen LogP contribution >= 0.6 is 0 Å². The molecule has 2 aliphatic rings. The molecule has 0 fully saturated rings. The van der Waals surface area contributed by atoms with Gasteiger partial charge in [-0.2, -0.15) is 9.13 Å². The molecule has 0 amide bonds. The molecule has 0 spiro atoms. The zero-order valence-electron chi connectivity index (χ0n) is 28.2. The van der Waals surface area contributed by atoms with Gasteiger partial charge in [-0.1, -0.05) is 54.6 Å². The van der Waals surface area contributed by atoms with E-state index in [-0.39, 0.29) is 12.0 Å². The highest BCUT2D eigenvalue weighted by atomic mass is 16.3. The predicted molar refractivity (Wildman–Crippen MR) is 206 cm³/mol. The molecule has 51 heavy (non-hydrogen) atoms. The molecule has 2 unspecified atom stereocenters. The fourth-order valence-corrected chi connectivity index (χ4v) is 9.80. The minimum atomic E-state index is 0.0859. The lowest BCUT2D eigenvalue weighted by atomic mass is 9.78. The van der Waals surface area contributed by atoms with Crippen LogP contribution in [0.25, 0.3) is 88.2 Å². The van der Waals surface area contributed by atoms with E-state index in [1.165, 1.54) is 82.7 Å². The number of rotatable bonds is 0. The number of aromatic nitrogens is 3. The Bertz CT molecular complexity index is 3140. The van der Waals surface area contributed by atoms with Crippen LogP contribution in [0.1, 0.15) is 35.1 Å². The number of furan rings is 1. The van der Waals surface area contributed by atoms with Gasteiger partial charge in [-0.3, -0.25) is 0 Å². The van der Waals surface area contributed by atoms with Gasteiger partial charge >= 0.3 is 0 Å². The first-order valence-corrected chi connectivity index (χ1v) is 18.0. The molecule has 0 saturated heterocycles. The highest BCUT2D eigenvalue weighted by molar-refractivity contribution is 6.26. The predicted octanol–water partition coefficient (Wildman–Crippen LogP) is 10.7. The van der Waals surface area contributed by atoms with E-state index >= 15 is 0 Å². The second-order valence-corrected chi connectivity index (χ2v) is 14.7. The molecule has 0 bridgehead atoms. The van der Waals surface area contributed by atoms with Crippen molar-refractivity contribution in [2.45, 2.75) is 31.7 Å². The number of aryl methyl sites for hydroxylation is 2. The molecule has 240 valence electrons. The molecule has 5 aromatic carbocycles. The quantitative estimate of drug-likeness (QED) is 0.149. The summed E-state index contributed by atoms with van der Waals surface area (Å²) in [5.74, 6) is 0.270. The van der Waals surface area contributed by atoms with Gasteiger partial charge in [0.15, 0.2) is 12.4 Å². The standard InChI is InChI=1S/C47H33N3O/c1-27-17-20-41-36-23-37-33-13-9-14-34-38-24-39-32-12-5-6-16-44(32)51-45(39)25-43(38)50(47(33)34)42(37)22-29(36)18-19-35-30-10-3-4-11-31(30)40-15-7-8-21-48(40)46(35)28(2)49(41)26-27/h3-17,20-26,35,46H,2,18-19H2,1H3/q+2. The van der Waals surface area contributed by atoms with E-state index in [2.05, 4.69) is 148 Å². The van der Waals surface area contributed by atoms with Crippen LogP contribution in [-0.4, -0.2) is 4.40 Å². The second kappa shape index (κ2) is 9.70. The van der Waals surface area contributed by atoms with Gasteiger partial charge in [0.2, 0.25) is 23.1 Å². The number of benzene rings is 5. The maximum atomic E-state index is 6.43. The van der Waals surface area contributed by atoms with Crippen LogP contribution in [0.2, 0.25) is 0 Å². The summed E-state index contributed by atoms with van der Waals surface area (Å²) in [4.78, 5) is 0. The van der Waals surface area contributed by atoms with Crippen LogP contribution < -0.4 is 9.13 Å². The van der Waals surface area contributed by atoms with Crippen molar-refractivity contribution < 1.29 is 13.6 Å². The average Bonchev–Trinajstić information content (AvgIpc) is 3.82. The van der Waals surface area contributed by atoms with Crippen molar-refractivity contribution in [2.75, 3.05) is 0 Å². The monoisotopic (exact) mass is 655 g/mol. The maximum absolute atomic E-state index is 6.43. The Morgan fingerprint density at radius 2 is 1.45 bits per heavy atom. The summed E-state index contributed by atoms with van der Waals surface area (Å²) in [6.45, 7) is 7.08. The molecule has 4 nitrogen and oxygen atoms in total. The number of hydrogen-bond donors (Lipinski definition) is 0. The van der Waals surface area contributed by atoms with Crippen molar-refractivity contribution >= 4 is 65.7 Å². The van der Waals surface area contributed by atoms with Crippen LogP contribution in [0, 0.1) is 6.92 Å². The fourth-order valence-electron chi connectivity index (χ4n) is 9.80. The van der Waals surface area contributed by atoms with Gasteiger partial charge < -0.3 is 8.82 Å². The Balaban J connectivity index is 1.16. The smallest absolute Gasteiger partial charge is 0.249 e. The normalized spacial score (nSPS) is 17.0. The molecular formula is C47H33N3O+2. The SMILES string of the molecule is C=C1C2C(CCc3cc4c(cc3-c3ccc(C)c[n+]31)c1cccc3c5cc6c(cc5n4c13)oc1ccccc16)c1ccccc1-c1cccc[n+]12. The summed E-state index contributed by atoms with van der Waals surface area (Å²) < 4.78 is 13.8. The van der Waals surface area contributed by atoms with Gasteiger partial charge in [0, 0.05) is 67.7 Å². The fraction of sp³-hybridized carbons (Fsp3) is 0.106. The van der Waals surface area contributed by atoms with Crippen molar-refractivity contribution in [3.05, 3.63) is 157 Å². The zero-order chi connectivity index (χ0) is 33.5. The Kier molecular flexibility index (Phi) is 5.24. The lowest BCUT2D eigenvalue weighted by Crippen LogP contribution is -2.53. The lowest BCUT2D eigenvalue weighted by Gasteiger charge is -2.29. The van der Waals surface area contributed by atoms with Gasteiger partial charge in [-0.15, -0.1) is 0 Å². The van der Waals surface area contributed by atoms with Gasteiger partial charge in [0.05, 0.1) is 28.0 Å². The van der Waals surface area contributed by atoms with Crippen molar-refractivity contribution in [3.8, 4) is 22.5 Å². The Morgan fingerprint density at radius 1 is 0.667 bits per heavy atom. The van der Waals surface area contributed by atoms with Crippen LogP contribution in [0.5, 0.6) is 0 Å². The third-order valence-electron chi connectivity index (χ3n) is 12.0. The van der Waals surface area contributed by atoms with Crippen molar-refractivity contribution in [1.82, 2.24) is 4.40 Å². The zero-order valence-corrected chi connectivity index (χ0v) is 28.2. The van der Waals surface area contributed by atoms with E-state index in [9.17, 15) is 0 Å². The molecule has 12 rings (SSSR count). The van der Waals surface area contributed by atoms with E-state index in [0.717, 1.165) is 35.1 Å². The summed E-state index contributed by atoms with van der Waals surface area (Å²) in [5, 5.41) is 7.45. The third-order valence-corrected chi connectivity index (χ3v) is 12.0. The number of nitrogens with zero attached hydrogens (tertiary/aromatic N) is 3. The van der Waals surface area contributed by atoms with Gasteiger partial charge in [-0.25, -0.2) is 0 Å². The van der Waals surface area contributed by atoms with Crippen LogP contribution in [-0.2, 0) is 6.42 Å². The molecule has 0 saturated carbocycles. The first-order chi connectivity index (χ1) is 25.1. The van der Waals surface area contributed by atoms with E-state index in [1.807, 2.05) is 6.07 Å². The topological polar surface area (TPSA) is 25.3 Å². The summed E-state index contributed by atoms with van der Waals surface area (Å²) in [6, 6.07) is 45.0. The second-order valence-electron chi connectivity index (χ2n) is 14.7. The van der Waals surface area contributed by atoms with E-state index in [0.29, 0.717) is 0 Å². The van der Waals surface area contributed by atoms with Gasteiger partial charge in [0.1, 0.15) is 11.2 Å². The highest BCUT2D eigenvalue weighted by Gasteiger charge is 2.46. The number of fused-ring (bicyclic) bond motifs is 18. The van der Waals surface area contributed by atoms with Gasteiger partial charge in [0.25, 0.3) is 0 Å². The number of para-hydroxylation sites is 2. The van der Waals surface area contributed by atoms with E-state index < -0.39 is 0 Å². The number of pyridine rings is 2. The minimum absolute atomic E-state index is 0.0859. The van der Waals surface area contributed by atoms with Crippen molar-refractivity contribution in [2.24, 2.45) is 0 Å². The molecule has 5 aromatic heterocycles. The lowest BCUT2D eigenvalue weighted by molar-refractivity contribution is -0.727. The molecule has 7 heterocycles. The van der Waals surface area contributed by atoms with Crippen LogP contribution in [0.3, 0.4) is 0 Å². The Morgan fingerprint density at radius 3 is 2.37 bits per heavy atom. The first-order valence-electron chi connectivity index (χ1n) is 18.0. The molecule has 2 atom stereocenters. The van der Waals surface area contributed by atoms with Crippen molar-refractivity contribution in [3.63, 3.8) is 0 Å². The largest absolute Gasteiger partial charge is 0.456 e. The minimum Gasteiger partial charge on any atom is -0.456 e. The molecule has 0 aliphatic carbocycles. The molecule has 2 aliphatic heterocycles. The third kappa shape index (κ3) is 3.54. The van der Waals surface area contributed by atoms with E-state index in [1.54, 1.807) is 0 Å². The molecule has 10 aromatic rings. The number of hydrogen-bond acceptors (Lipinski definition) is 1. The molecule has 0 radical (unpaired) electrons. The molecule has 0 N–H and O–H groups in total. The Labute approximate surface area is 294 Å². The summed E-state index contributed by atoms with van der Waals surface area (Å²) in [5.41, 5.74) is 15.7. The first kappa shape index (κ1) is 27.5. The van der Waals surface area contributed by atoms with Crippen LogP contribution in [0.15, 0.2) is 145 Å². The number of allylic oxidation sites excluding steroid dienone is 1. The average molecular weight is 656 g/mol. The van der Waals surface area contributed by atoms with Crippen molar-refractivity contribution in [1.29, 1.82) is 0 Å². The maximum Gasteiger partial charge on any atom is 0.249 e. The summed E-state index contributed by atoms with van der Waals surface area (Å²) >= 11 is 0.